The van der Waals surface area contributed by atoms with Gasteiger partial charge in [0.25, 0.3) is 0 Å². The Bertz CT molecular complexity index is 1010. The lowest BCUT2D eigenvalue weighted by Gasteiger charge is -2.16. The molecule has 130 valence electrons. The molecule has 0 unspecified atom stereocenters. The van der Waals surface area contributed by atoms with Crippen molar-refractivity contribution in [2.45, 2.75) is 5.25 Å². The SMILES string of the molecule is N#[N+]c1cccc(F)c1.O=S(=O)([O-])C(F)(F)c1nc2ccccc2s1. The Morgan fingerprint density at radius 1 is 1.16 bits per heavy atom. The zero-order chi connectivity index (χ0) is 18.7. The predicted octanol–water partition coefficient (Wildman–Crippen LogP) is 4.20. The van der Waals surface area contributed by atoms with Gasteiger partial charge in [-0.05, 0) is 18.2 Å². The van der Waals surface area contributed by atoms with Gasteiger partial charge in [-0.2, -0.15) is 8.78 Å². The summed E-state index contributed by atoms with van der Waals surface area (Å²) in [6.45, 7) is 0. The Morgan fingerprint density at radius 2 is 1.84 bits per heavy atom. The molecule has 0 saturated heterocycles. The minimum absolute atomic E-state index is 0.231. The first-order valence-electron chi connectivity index (χ1n) is 6.45. The van der Waals surface area contributed by atoms with Crippen LogP contribution in [0.3, 0.4) is 0 Å². The summed E-state index contributed by atoms with van der Waals surface area (Å²) in [5.74, 6) is -0.398. The number of diazo groups is 1. The number of fused-ring (bicyclic) bond motifs is 1. The molecule has 25 heavy (non-hydrogen) atoms. The highest BCUT2D eigenvalue weighted by molar-refractivity contribution is 7.86. The second kappa shape index (κ2) is 7.14. The van der Waals surface area contributed by atoms with Gasteiger partial charge in [-0.1, -0.05) is 18.2 Å². The molecule has 0 saturated carbocycles. The van der Waals surface area contributed by atoms with Gasteiger partial charge in [0.1, 0.15) is 5.82 Å². The highest BCUT2D eigenvalue weighted by Gasteiger charge is 2.43. The zero-order valence-electron chi connectivity index (χ0n) is 12.1. The van der Waals surface area contributed by atoms with Gasteiger partial charge in [0, 0.05) is 6.07 Å². The number of para-hydroxylation sites is 1. The highest BCUT2D eigenvalue weighted by atomic mass is 32.2. The average Bonchev–Trinajstić information content (AvgIpc) is 2.99. The lowest BCUT2D eigenvalue weighted by atomic mass is 10.3. The molecule has 0 spiro atoms. The number of aromatic nitrogens is 1. The predicted molar refractivity (Wildman–Crippen MR) is 84.4 cm³/mol. The van der Waals surface area contributed by atoms with Crippen LogP contribution in [-0.2, 0) is 15.4 Å². The third kappa shape index (κ3) is 4.30. The van der Waals surface area contributed by atoms with Gasteiger partial charge >= 0.3 is 10.9 Å². The zero-order valence-corrected chi connectivity index (χ0v) is 13.8. The van der Waals surface area contributed by atoms with E-state index in [0.29, 0.717) is 16.0 Å². The number of nitrogens with zero attached hydrogens (tertiary/aromatic N) is 3. The van der Waals surface area contributed by atoms with E-state index in [1.165, 1.54) is 30.3 Å². The van der Waals surface area contributed by atoms with Crippen LogP contribution in [0.4, 0.5) is 18.9 Å². The van der Waals surface area contributed by atoms with E-state index in [1.54, 1.807) is 12.1 Å². The van der Waals surface area contributed by atoms with Gasteiger partial charge in [-0.3, -0.25) is 0 Å². The Labute approximate surface area is 143 Å². The summed E-state index contributed by atoms with van der Waals surface area (Å²) in [6, 6.07) is 11.6. The van der Waals surface area contributed by atoms with Crippen LogP contribution in [-0.4, -0.2) is 18.0 Å². The number of thiazole rings is 1. The van der Waals surface area contributed by atoms with Gasteiger partial charge in [0.15, 0.2) is 20.1 Å². The molecule has 0 amide bonds. The van der Waals surface area contributed by atoms with Crippen molar-refractivity contribution in [1.29, 1.82) is 5.39 Å². The third-order valence-electron chi connectivity index (χ3n) is 2.78. The Morgan fingerprint density at radius 3 is 2.36 bits per heavy atom. The van der Waals surface area contributed by atoms with Crippen molar-refractivity contribution in [2.75, 3.05) is 0 Å². The van der Waals surface area contributed by atoms with Crippen molar-refractivity contribution in [3.05, 3.63) is 64.3 Å². The summed E-state index contributed by atoms with van der Waals surface area (Å²) >= 11 is 0.491. The van der Waals surface area contributed by atoms with Crippen molar-refractivity contribution in [3.63, 3.8) is 0 Å². The van der Waals surface area contributed by atoms with E-state index in [9.17, 15) is 26.1 Å². The van der Waals surface area contributed by atoms with Crippen molar-refractivity contribution in [1.82, 2.24) is 4.98 Å². The maximum Gasteiger partial charge on any atom is 0.387 e. The Hall–Kier alpha value is -2.55. The molecule has 2 aromatic carbocycles. The molecule has 0 aliphatic rings. The summed E-state index contributed by atoms with van der Waals surface area (Å²) in [7, 11) is -5.74. The van der Waals surface area contributed by atoms with Crippen LogP contribution >= 0.6 is 11.3 Å². The Balaban J connectivity index is 0.000000212. The molecule has 0 bridgehead atoms. The van der Waals surface area contributed by atoms with Gasteiger partial charge in [-0.25, -0.2) is 17.8 Å². The van der Waals surface area contributed by atoms with E-state index in [0.717, 1.165) is 6.07 Å². The van der Waals surface area contributed by atoms with E-state index in [-0.39, 0.29) is 11.2 Å². The number of hydrogen-bond acceptors (Lipinski definition) is 6. The fourth-order valence-electron chi connectivity index (χ4n) is 1.64. The van der Waals surface area contributed by atoms with Crippen molar-refractivity contribution >= 4 is 37.4 Å². The van der Waals surface area contributed by atoms with Gasteiger partial charge in [0.05, 0.1) is 16.3 Å². The molecular formula is C14H8F3N3O3S2. The van der Waals surface area contributed by atoms with E-state index < -0.39 is 26.2 Å². The van der Waals surface area contributed by atoms with E-state index in [4.69, 9.17) is 5.39 Å². The second-order valence-electron chi connectivity index (χ2n) is 4.54. The molecule has 0 fully saturated rings. The summed E-state index contributed by atoms with van der Waals surface area (Å²) in [5, 5.41) is 2.65. The molecule has 3 rings (SSSR count). The van der Waals surface area contributed by atoms with Gasteiger partial charge in [0.2, 0.25) is 5.39 Å². The molecule has 11 heteroatoms. The molecule has 6 nitrogen and oxygen atoms in total. The smallest absolute Gasteiger partial charge is 0.387 e. The molecule has 0 radical (unpaired) electrons. The number of hydrogen-bond donors (Lipinski definition) is 0. The van der Waals surface area contributed by atoms with E-state index >= 15 is 0 Å². The molecule has 0 aliphatic carbocycles. The first kappa shape index (κ1) is 18.8. The van der Waals surface area contributed by atoms with Crippen molar-refractivity contribution in [3.8, 4) is 0 Å². The number of benzene rings is 2. The fourth-order valence-corrected chi connectivity index (χ4v) is 3.17. The van der Waals surface area contributed by atoms with Crippen molar-refractivity contribution in [2.24, 2.45) is 0 Å². The van der Waals surface area contributed by atoms with Crippen LogP contribution in [0.25, 0.3) is 15.2 Å². The van der Waals surface area contributed by atoms with Crippen LogP contribution in [0.1, 0.15) is 5.01 Å². The number of rotatable bonds is 2. The van der Waals surface area contributed by atoms with E-state index in [1.807, 2.05) is 0 Å². The molecular weight excluding hydrogens is 379 g/mol. The minimum Gasteiger partial charge on any atom is -0.743 e. The quantitative estimate of drug-likeness (QED) is 0.485. The summed E-state index contributed by atoms with van der Waals surface area (Å²) in [4.78, 5) is 6.23. The maximum atomic E-state index is 13.1. The van der Waals surface area contributed by atoms with Crippen LogP contribution < -0.4 is 0 Å². The van der Waals surface area contributed by atoms with Crippen LogP contribution in [0.5, 0.6) is 0 Å². The van der Waals surface area contributed by atoms with Crippen molar-refractivity contribution < 1.29 is 26.1 Å². The highest BCUT2D eigenvalue weighted by Crippen LogP contribution is 2.37. The number of alkyl halides is 2. The summed E-state index contributed by atoms with van der Waals surface area (Å²) in [5.41, 5.74) is 0.473. The van der Waals surface area contributed by atoms with Crippen LogP contribution in [0, 0.1) is 11.2 Å². The maximum absolute atomic E-state index is 13.1. The molecule has 0 N–H and O–H groups in total. The fraction of sp³-hybridized carbons (Fsp3) is 0.0714. The lowest BCUT2D eigenvalue weighted by molar-refractivity contribution is 0.0775. The van der Waals surface area contributed by atoms with Crippen LogP contribution in [0.15, 0.2) is 48.5 Å². The second-order valence-corrected chi connectivity index (χ2v) is 6.99. The normalized spacial score (nSPS) is 11.5. The minimum atomic E-state index is -5.74. The van der Waals surface area contributed by atoms with E-state index in [2.05, 4.69) is 9.96 Å². The first-order chi connectivity index (χ1) is 11.6. The molecule has 1 heterocycles. The summed E-state index contributed by atoms with van der Waals surface area (Å²) in [6.07, 6.45) is 0. The van der Waals surface area contributed by atoms with Crippen LogP contribution in [0.2, 0.25) is 0 Å². The first-order valence-corrected chi connectivity index (χ1v) is 8.67. The summed E-state index contributed by atoms with van der Waals surface area (Å²) < 4.78 is 70.1. The van der Waals surface area contributed by atoms with Gasteiger partial charge < -0.3 is 4.55 Å². The Kier molecular flexibility index (Phi) is 5.36. The number of halogens is 3. The third-order valence-corrected chi connectivity index (χ3v) is 4.84. The standard InChI is InChI=1S/C8H5F2NO3S2.C6H4FN2/c9-8(10,16(12,13)14)7-11-5-3-1-2-4-6(5)15-7;7-5-2-1-3-6(4-5)9-8/h1-4H,(H,12,13,14);1-4H/q;+1/p-1. The monoisotopic (exact) mass is 387 g/mol. The average molecular weight is 387 g/mol. The molecule has 3 aromatic rings. The van der Waals surface area contributed by atoms with Gasteiger partial charge in [-0.15, -0.1) is 11.3 Å². The topological polar surface area (TPSA) is 98.2 Å². The largest absolute Gasteiger partial charge is 0.743 e. The molecule has 1 aromatic heterocycles. The molecule has 0 aliphatic heterocycles. The lowest BCUT2D eigenvalue weighted by Crippen LogP contribution is -2.25. The molecule has 0 atom stereocenters.